The Kier molecular flexibility index (Phi) is 10.4. The molecule has 0 saturated carbocycles. The fourth-order valence-electron chi connectivity index (χ4n) is 1.30. The standard InChI is InChI=1S/C14H18O4.Ba.2H/c1-3-9-17-13(15)11-5-7-12(8-6-11)14(16)18-10-4-2;;;/h5-8H,3-4,9-10H2,1-2H3;;;/q;+2;2*-1. The fourth-order valence-corrected chi connectivity index (χ4v) is 1.30. The molecule has 0 aliphatic rings. The van der Waals surface area contributed by atoms with E-state index in [4.69, 9.17) is 9.47 Å². The van der Waals surface area contributed by atoms with Gasteiger partial charge >= 0.3 is 60.8 Å². The minimum atomic E-state index is -0.370. The van der Waals surface area contributed by atoms with Crippen LogP contribution >= 0.6 is 0 Å². The molecule has 0 radical (unpaired) electrons. The molecule has 5 heteroatoms. The molecule has 0 heterocycles. The Labute approximate surface area is 156 Å². The van der Waals surface area contributed by atoms with E-state index < -0.39 is 0 Å². The second-order valence-corrected chi connectivity index (χ2v) is 3.85. The molecule has 0 atom stereocenters. The number of hydrogen-bond donors (Lipinski definition) is 0. The third kappa shape index (κ3) is 6.63. The molecule has 1 rings (SSSR count). The van der Waals surface area contributed by atoms with Crippen molar-refractivity contribution in [2.45, 2.75) is 26.7 Å². The van der Waals surface area contributed by atoms with Gasteiger partial charge < -0.3 is 12.3 Å². The van der Waals surface area contributed by atoms with Crippen LogP contribution in [0, 0.1) is 0 Å². The first-order chi connectivity index (χ1) is 8.69. The Morgan fingerprint density at radius 2 is 1.21 bits per heavy atom. The summed E-state index contributed by atoms with van der Waals surface area (Å²) in [5.41, 5.74) is 0.881. The van der Waals surface area contributed by atoms with E-state index in [-0.39, 0.29) is 63.7 Å². The summed E-state index contributed by atoms with van der Waals surface area (Å²) in [4.78, 5) is 23.0. The Bertz CT molecular complexity index is 371. The van der Waals surface area contributed by atoms with Crippen LogP contribution in [0.3, 0.4) is 0 Å². The van der Waals surface area contributed by atoms with Gasteiger partial charge in [0.05, 0.1) is 24.3 Å². The third-order valence-corrected chi connectivity index (χ3v) is 2.23. The second-order valence-electron chi connectivity index (χ2n) is 3.85. The summed E-state index contributed by atoms with van der Waals surface area (Å²) < 4.78 is 9.97. The molecule has 0 unspecified atom stereocenters. The van der Waals surface area contributed by atoms with Crippen molar-refractivity contribution < 1.29 is 21.9 Å². The number of esters is 2. The molecule has 0 saturated heterocycles. The van der Waals surface area contributed by atoms with Crippen LogP contribution in [0.25, 0.3) is 0 Å². The Balaban J connectivity index is -0.00000108. The molecule has 0 spiro atoms. The van der Waals surface area contributed by atoms with Crippen molar-refractivity contribution in [2.24, 2.45) is 0 Å². The van der Waals surface area contributed by atoms with E-state index in [9.17, 15) is 9.59 Å². The van der Waals surface area contributed by atoms with E-state index in [1.165, 1.54) is 0 Å². The van der Waals surface area contributed by atoms with Crippen molar-refractivity contribution >= 4 is 60.8 Å². The smallest absolute Gasteiger partial charge is 1.00 e. The van der Waals surface area contributed by atoms with Gasteiger partial charge in [0.15, 0.2) is 0 Å². The molecule has 1 aromatic rings. The van der Waals surface area contributed by atoms with E-state index in [0.717, 1.165) is 12.8 Å². The second kappa shape index (κ2) is 10.5. The Morgan fingerprint density at radius 1 is 0.895 bits per heavy atom. The van der Waals surface area contributed by atoms with Crippen LogP contribution in [0.4, 0.5) is 0 Å². The molecule has 0 bridgehead atoms. The molecule has 4 nitrogen and oxygen atoms in total. The maximum atomic E-state index is 11.5. The molecule has 0 aromatic heterocycles. The number of benzene rings is 1. The molecular weight excluding hydrogens is 369 g/mol. The average Bonchev–Trinajstić information content (AvgIpc) is 2.42. The van der Waals surface area contributed by atoms with Crippen LogP contribution in [0.5, 0.6) is 0 Å². The van der Waals surface area contributed by atoms with Gasteiger partial charge in [-0.15, -0.1) is 0 Å². The van der Waals surface area contributed by atoms with Crippen LogP contribution in [-0.2, 0) is 9.47 Å². The summed E-state index contributed by atoms with van der Waals surface area (Å²) in [5.74, 6) is -0.740. The number of ether oxygens (including phenoxy) is 2. The van der Waals surface area contributed by atoms with Gasteiger partial charge in [0.2, 0.25) is 0 Å². The maximum absolute atomic E-state index is 11.5. The van der Waals surface area contributed by atoms with Crippen LogP contribution in [0.2, 0.25) is 0 Å². The quantitative estimate of drug-likeness (QED) is 0.554. The third-order valence-electron chi connectivity index (χ3n) is 2.23. The molecule has 102 valence electrons. The normalized spacial score (nSPS) is 9.37. The number of carbonyl (C=O) groups excluding carboxylic acids is 2. The summed E-state index contributed by atoms with van der Waals surface area (Å²) in [6.07, 6.45) is 1.57. The zero-order valence-corrected chi connectivity index (χ0v) is 15.9. The molecule has 1 aromatic carbocycles. The molecule has 0 aliphatic heterocycles. The van der Waals surface area contributed by atoms with Gasteiger partial charge in [-0.05, 0) is 37.1 Å². The van der Waals surface area contributed by atoms with Crippen molar-refractivity contribution in [3.63, 3.8) is 0 Å². The molecular formula is C14H20BaO4. The van der Waals surface area contributed by atoms with Crippen LogP contribution in [0.15, 0.2) is 24.3 Å². The van der Waals surface area contributed by atoms with Gasteiger partial charge in [-0.3, -0.25) is 0 Å². The van der Waals surface area contributed by atoms with Crippen LogP contribution in [-0.4, -0.2) is 74.0 Å². The van der Waals surface area contributed by atoms with Gasteiger partial charge in [-0.25, -0.2) is 9.59 Å². The molecule has 19 heavy (non-hydrogen) atoms. The van der Waals surface area contributed by atoms with Crippen LogP contribution in [0.1, 0.15) is 50.3 Å². The first-order valence-corrected chi connectivity index (χ1v) is 6.13. The summed E-state index contributed by atoms with van der Waals surface area (Å²) in [6, 6.07) is 6.28. The largest absolute Gasteiger partial charge is 2.00 e. The van der Waals surface area contributed by atoms with Gasteiger partial charge in [0.25, 0.3) is 0 Å². The van der Waals surface area contributed by atoms with Crippen molar-refractivity contribution in [3.8, 4) is 0 Å². The minimum absolute atomic E-state index is 0. The monoisotopic (exact) mass is 390 g/mol. The molecule has 0 aliphatic carbocycles. The minimum Gasteiger partial charge on any atom is -1.00 e. The van der Waals surface area contributed by atoms with Crippen LogP contribution < -0.4 is 0 Å². The summed E-state index contributed by atoms with van der Waals surface area (Å²) in [7, 11) is 0. The maximum Gasteiger partial charge on any atom is 2.00 e. The van der Waals surface area contributed by atoms with Crippen molar-refractivity contribution in [1.29, 1.82) is 0 Å². The molecule has 0 amide bonds. The fraction of sp³-hybridized carbons (Fsp3) is 0.429. The summed E-state index contributed by atoms with van der Waals surface area (Å²) in [5, 5.41) is 0. The number of rotatable bonds is 6. The van der Waals surface area contributed by atoms with Gasteiger partial charge in [0.1, 0.15) is 0 Å². The van der Waals surface area contributed by atoms with E-state index in [1.807, 2.05) is 13.8 Å². The number of carbonyl (C=O) groups is 2. The first-order valence-electron chi connectivity index (χ1n) is 6.13. The molecule has 0 fully saturated rings. The molecule has 0 N–H and O–H groups in total. The zero-order chi connectivity index (χ0) is 13.4. The predicted octanol–water partition coefficient (Wildman–Crippen LogP) is 2.66. The summed E-state index contributed by atoms with van der Waals surface area (Å²) >= 11 is 0. The van der Waals surface area contributed by atoms with Gasteiger partial charge in [-0.2, -0.15) is 0 Å². The predicted molar refractivity (Wildman–Crippen MR) is 75.6 cm³/mol. The topological polar surface area (TPSA) is 52.6 Å². The SMILES string of the molecule is CCCOC(=O)c1ccc(C(=O)OCCC)cc1.[Ba+2].[H-].[H-]. The van der Waals surface area contributed by atoms with Crippen molar-refractivity contribution in [2.75, 3.05) is 13.2 Å². The Morgan fingerprint density at radius 3 is 1.47 bits per heavy atom. The van der Waals surface area contributed by atoms with Gasteiger partial charge in [-0.1, -0.05) is 13.8 Å². The van der Waals surface area contributed by atoms with E-state index in [1.54, 1.807) is 24.3 Å². The zero-order valence-electron chi connectivity index (χ0n) is 13.5. The van der Waals surface area contributed by atoms with Crippen molar-refractivity contribution in [3.05, 3.63) is 35.4 Å². The van der Waals surface area contributed by atoms with E-state index in [0.29, 0.717) is 24.3 Å². The van der Waals surface area contributed by atoms with Gasteiger partial charge in [0, 0.05) is 0 Å². The van der Waals surface area contributed by atoms with E-state index >= 15 is 0 Å². The van der Waals surface area contributed by atoms with E-state index in [2.05, 4.69) is 0 Å². The van der Waals surface area contributed by atoms with Crippen molar-refractivity contribution in [1.82, 2.24) is 0 Å². The Hall–Kier alpha value is -0.269. The number of hydrogen-bond acceptors (Lipinski definition) is 4. The summed E-state index contributed by atoms with van der Waals surface area (Å²) in [6.45, 7) is 4.67. The average molecular weight is 390 g/mol. The first kappa shape index (κ1) is 18.7.